The minimum absolute atomic E-state index is 0.216. The fourth-order valence-electron chi connectivity index (χ4n) is 3.42. The van der Waals surface area contributed by atoms with Crippen LogP contribution in [0.15, 0.2) is 41.7 Å². The van der Waals surface area contributed by atoms with Gasteiger partial charge in [-0.3, -0.25) is 15.6 Å². The number of aryl methyl sites for hydroxylation is 2. The lowest BCUT2D eigenvalue weighted by Crippen LogP contribution is -2.42. The Morgan fingerprint density at radius 3 is 3.00 bits per heavy atom. The fourth-order valence-corrected chi connectivity index (χ4v) is 3.69. The molecule has 1 saturated heterocycles. The van der Waals surface area contributed by atoms with Crippen molar-refractivity contribution in [2.45, 2.75) is 31.6 Å². The van der Waals surface area contributed by atoms with Crippen molar-refractivity contribution in [3.8, 4) is 0 Å². The minimum Gasteiger partial charge on any atom is -0.354 e. The molecule has 0 bridgehead atoms. The van der Waals surface area contributed by atoms with Crippen LogP contribution in [0, 0.1) is 6.92 Å². The van der Waals surface area contributed by atoms with Gasteiger partial charge in [-0.05, 0) is 43.2 Å². The van der Waals surface area contributed by atoms with Crippen LogP contribution in [0.2, 0.25) is 5.02 Å². The van der Waals surface area contributed by atoms with Crippen molar-refractivity contribution in [3.05, 3.63) is 52.8 Å². The molecule has 0 aliphatic carbocycles. The van der Waals surface area contributed by atoms with Crippen molar-refractivity contribution in [2.24, 2.45) is 4.99 Å². The second-order valence-electron chi connectivity index (χ2n) is 6.14. The molecule has 2 aliphatic rings. The number of nitrogens with zero attached hydrogens (tertiary/aromatic N) is 2. The molecule has 2 atom stereocenters. The van der Waals surface area contributed by atoms with E-state index >= 15 is 0 Å². The molecule has 1 aromatic heterocycles. The predicted octanol–water partition coefficient (Wildman–Crippen LogP) is 2.97. The Bertz CT molecular complexity index is 723. The van der Waals surface area contributed by atoms with Crippen molar-refractivity contribution in [2.75, 3.05) is 6.54 Å². The average Bonchev–Trinajstić information content (AvgIpc) is 3.20. The highest BCUT2D eigenvalue weighted by atomic mass is 35.5. The van der Waals surface area contributed by atoms with Crippen LogP contribution in [0.5, 0.6) is 0 Å². The van der Waals surface area contributed by atoms with Gasteiger partial charge < -0.3 is 4.57 Å². The summed E-state index contributed by atoms with van der Waals surface area (Å²) in [5.74, 6) is 0. The Morgan fingerprint density at radius 1 is 1.36 bits per heavy atom. The van der Waals surface area contributed by atoms with Gasteiger partial charge in [-0.25, -0.2) is 0 Å². The van der Waals surface area contributed by atoms with Gasteiger partial charge in [-0.2, -0.15) is 0 Å². The second-order valence-corrected chi connectivity index (χ2v) is 6.57. The Morgan fingerprint density at radius 2 is 2.18 bits per heavy atom. The van der Waals surface area contributed by atoms with E-state index in [0.29, 0.717) is 0 Å². The summed E-state index contributed by atoms with van der Waals surface area (Å²) in [5, 5.41) is 8.06. The zero-order valence-electron chi connectivity index (χ0n) is 12.5. The normalized spacial score (nSPS) is 26.0. The van der Waals surface area contributed by atoms with Gasteiger partial charge in [0.05, 0.1) is 17.4 Å². The number of fused-ring (bicyclic) bond motifs is 2. The zero-order chi connectivity index (χ0) is 15.2. The molecule has 2 aromatic rings. The van der Waals surface area contributed by atoms with E-state index in [4.69, 9.17) is 11.6 Å². The third kappa shape index (κ3) is 2.28. The smallest absolute Gasteiger partial charge is 0.0953 e. The highest BCUT2D eigenvalue weighted by Gasteiger charge is 2.43. The highest BCUT2D eigenvalue weighted by molar-refractivity contribution is 6.31. The van der Waals surface area contributed by atoms with E-state index in [0.717, 1.165) is 35.8 Å². The second kappa shape index (κ2) is 5.23. The van der Waals surface area contributed by atoms with Gasteiger partial charge in [-0.1, -0.05) is 11.6 Å². The lowest BCUT2D eigenvalue weighted by Gasteiger charge is -2.23. The molecule has 0 amide bonds. The summed E-state index contributed by atoms with van der Waals surface area (Å²) in [6.07, 6.45) is 7.53. The van der Waals surface area contributed by atoms with Gasteiger partial charge in [0.2, 0.25) is 0 Å². The number of aromatic nitrogens is 1. The number of hydrogen-bond acceptors (Lipinski definition) is 3. The Balaban J connectivity index is 1.53. The number of halogens is 1. The topological polar surface area (TPSA) is 41.4 Å². The van der Waals surface area contributed by atoms with E-state index in [1.807, 2.05) is 18.3 Å². The molecule has 22 heavy (non-hydrogen) atoms. The molecule has 1 spiro atoms. The van der Waals surface area contributed by atoms with Crippen LogP contribution in [-0.4, -0.2) is 23.5 Å². The van der Waals surface area contributed by atoms with Crippen LogP contribution in [-0.2, 0) is 12.1 Å². The monoisotopic (exact) mass is 314 g/mol. The maximum atomic E-state index is 6.25. The zero-order valence-corrected chi connectivity index (χ0v) is 13.3. The summed E-state index contributed by atoms with van der Waals surface area (Å²) < 4.78 is 2.20. The van der Waals surface area contributed by atoms with Crippen LogP contribution < -0.4 is 10.6 Å². The van der Waals surface area contributed by atoms with Crippen LogP contribution in [0.1, 0.15) is 17.5 Å². The lowest BCUT2D eigenvalue weighted by molar-refractivity contribution is 0.441. The van der Waals surface area contributed by atoms with Crippen LogP contribution in [0.3, 0.4) is 0 Å². The summed E-state index contributed by atoms with van der Waals surface area (Å²) in [5.41, 5.74) is 3.17. The summed E-state index contributed by atoms with van der Waals surface area (Å²) in [7, 11) is 0. The number of aliphatic imine (C=N–C) groups is 1. The number of hydrogen-bond donors (Lipinski definition) is 2. The average molecular weight is 315 g/mol. The SMILES string of the molecule is Cc1cc(Cl)cc2c1N=CC21CN[C@@H](CCn2cccc2)N1. The molecule has 3 heterocycles. The molecule has 0 radical (unpaired) electrons. The quantitative estimate of drug-likeness (QED) is 0.914. The van der Waals surface area contributed by atoms with Crippen LogP contribution in [0.4, 0.5) is 5.69 Å². The molecule has 2 aliphatic heterocycles. The van der Waals surface area contributed by atoms with Gasteiger partial charge in [0.15, 0.2) is 0 Å². The van der Waals surface area contributed by atoms with Gasteiger partial charge in [0.25, 0.3) is 0 Å². The molecule has 1 unspecified atom stereocenters. The number of benzene rings is 1. The van der Waals surface area contributed by atoms with Crippen molar-refractivity contribution in [3.63, 3.8) is 0 Å². The van der Waals surface area contributed by atoms with Crippen molar-refractivity contribution in [1.29, 1.82) is 0 Å². The van der Waals surface area contributed by atoms with E-state index in [1.54, 1.807) is 0 Å². The first-order valence-corrected chi connectivity index (χ1v) is 8.02. The summed E-state index contributed by atoms with van der Waals surface area (Å²) >= 11 is 6.25. The van der Waals surface area contributed by atoms with Crippen LogP contribution >= 0.6 is 11.6 Å². The number of rotatable bonds is 3. The van der Waals surface area contributed by atoms with Crippen molar-refractivity contribution >= 4 is 23.5 Å². The Kier molecular flexibility index (Phi) is 3.33. The maximum Gasteiger partial charge on any atom is 0.0953 e. The largest absolute Gasteiger partial charge is 0.354 e. The van der Waals surface area contributed by atoms with E-state index in [1.165, 1.54) is 5.56 Å². The summed E-state index contributed by atoms with van der Waals surface area (Å²) in [4.78, 5) is 4.63. The molecular formula is C17H19ClN4. The van der Waals surface area contributed by atoms with E-state index in [9.17, 15) is 0 Å². The van der Waals surface area contributed by atoms with Gasteiger partial charge in [0.1, 0.15) is 0 Å². The van der Waals surface area contributed by atoms with Crippen LogP contribution in [0.25, 0.3) is 0 Å². The first kappa shape index (κ1) is 14.0. The van der Waals surface area contributed by atoms with Gasteiger partial charge in [-0.15, -0.1) is 0 Å². The van der Waals surface area contributed by atoms with Gasteiger partial charge in [0, 0.05) is 42.3 Å². The van der Waals surface area contributed by atoms with E-state index < -0.39 is 0 Å². The molecule has 114 valence electrons. The minimum atomic E-state index is -0.216. The molecule has 1 fully saturated rings. The van der Waals surface area contributed by atoms with E-state index in [2.05, 4.69) is 51.6 Å². The fraction of sp³-hybridized carbons (Fsp3) is 0.353. The summed E-state index contributed by atoms with van der Waals surface area (Å²) in [6.45, 7) is 3.90. The molecule has 4 nitrogen and oxygen atoms in total. The lowest BCUT2D eigenvalue weighted by atomic mass is 9.92. The molecule has 0 saturated carbocycles. The Hall–Kier alpha value is -1.62. The molecule has 1 aromatic carbocycles. The third-order valence-electron chi connectivity index (χ3n) is 4.56. The summed E-state index contributed by atoms with van der Waals surface area (Å²) in [6, 6.07) is 8.13. The first-order valence-electron chi connectivity index (χ1n) is 7.64. The Labute approximate surface area is 135 Å². The standard InChI is InChI=1S/C17H19ClN4/c1-12-8-13(18)9-14-16(12)20-11-17(14)10-19-15(21-17)4-7-22-5-2-3-6-22/h2-3,5-6,8-9,11,15,19,21H,4,7,10H2,1H3/t15-,17?/m1/s1. The predicted molar refractivity (Wildman–Crippen MR) is 90.0 cm³/mol. The number of nitrogens with one attached hydrogen (secondary N) is 2. The molecule has 5 heteroatoms. The van der Waals surface area contributed by atoms with Gasteiger partial charge >= 0.3 is 0 Å². The highest BCUT2D eigenvalue weighted by Crippen LogP contribution is 2.41. The maximum absolute atomic E-state index is 6.25. The molecule has 2 N–H and O–H groups in total. The van der Waals surface area contributed by atoms with E-state index in [-0.39, 0.29) is 11.7 Å². The third-order valence-corrected chi connectivity index (χ3v) is 4.78. The first-order chi connectivity index (χ1) is 10.7. The molecule has 4 rings (SSSR count). The van der Waals surface area contributed by atoms with Crippen molar-refractivity contribution < 1.29 is 0 Å². The van der Waals surface area contributed by atoms with Crippen molar-refractivity contribution in [1.82, 2.24) is 15.2 Å². The molecular weight excluding hydrogens is 296 g/mol.